The Bertz CT molecular complexity index is 870. The van der Waals surface area contributed by atoms with Gasteiger partial charge in [0.05, 0.1) is 5.27 Å². The number of halogens is 1. The Morgan fingerprint density at radius 3 is 2.57 bits per heavy atom. The number of allylic oxidation sites excluding steroid dienone is 1. The third kappa shape index (κ3) is 3.54. The van der Waals surface area contributed by atoms with Gasteiger partial charge < -0.3 is 9.63 Å². The van der Waals surface area contributed by atoms with Crippen LogP contribution in [-0.4, -0.2) is 11.1 Å². The van der Waals surface area contributed by atoms with Gasteiger partial charge in [0, 0.05) is 22.2 Å². The van der Waals surface area contributed by atoms with Gasteiger partial charge in [0.15, 0.2) is 5.78 Å². The van der Waals surface area contributed by atoms with Crippen LogP contribution in [0.5, 0.6) is 5.95 Å². The van der Waals surface area contributed by atoms with Crippen LogP contribution in [0, 0.1) is 0 Å². The average molecular weight is 371 g/mol. The molecule has 0 bridgehead atoms. The molecule has 0 fully saturated rings. The van der Waals surface area contributed by atoms with Crippen LogP contribution in [0.15, 0.2) is 69.8 Å². The molecular formula is C17H11BrN2O3. The Morgan fingerprint density at radius 2 is 1.91 bits per heavy atom. The average Bonchev–Trinajstić information content (AvgIpc) is 3.00. The number of carbonyl (C=O) groups is 1. The van der Waals surface area contributed by atoms with Crippen LogP contribution in [-0.2, 0) is 0 Å². The lowest BCUT2D eigenvalue weighted by molar-refractivity contribution is -0.670. The molecule has 0 unspecified atom stereocenters. The standard InChI is InChI=1S/C17H11BrN2O3/c18-15-4-2-1-3-12(15)7-10-16(21)13-5-8-14(9-6-13)20-11-17(22)23-19-20/h1-11H/b10-7+. The van der Waals surface area contributed by atoms with Crippen molar-refractivity contribution in [2.45, 2.75) is 0 Å². The first-order valence-corrected chi connectivity index (χ1v) is 7.56. The van der Waals surface area contributed by atoms with Crippen molar-refractivity contribution in [2.75, 3.05) is 0 Å². The summed E-state index contributed by atoms with van der Waals surface area (Å²) in [6.45, 7) is 0. The third-order valence-electron chi connectivity index (χ3n) is 3.18. The summed E-state index contributed by atoms with van der Waals surface area (Å²) in [5.41, 5.74) is 2.12. The first-order valence-electron chi connectivity index (χ1n) is 6.76. The molecule has 2 aromatic carbocycles. The molecule has 1 aromatic heterocycles. The number of aromatic nitrogens is 2. The van der Waals surface area contributed by atoms with Gasteiger partial charge in [-0.3, -0.25) is 4.79 Å². The van der Waals surface area contributed by atoms with E-state index < -0.39 is 5.95 Å². The van der Waals surface area contributed by atoms with E-state index >= 15 is 0 Å². The van der Waals surface area contributed by atoms with Crippen LogP contribution in [0.3, 0.4) is 0 Å². The molecule has 0 amide bonds. The fraction of sp³-hybridized carbons (Fsp3) is 0. The molecule has 0 radical (unpaired) electrons. The van der Waals surface area contributed by atoms with Crippen molar-refractivity contribution in [3.8, 4) is 11.6 Å². The highest BCUT2D eigenvalue weighted by Crippen LogP contribution is 2.17. The predicted octanol–water partition coefficient (Wildman–Crippen LogP) is 2.68. The quantitative estimate of drug-likeness (QED) is 0.402. The van der Waals surface area contributed by atoms with Gasteiger partial charge in [-0.15, -0.1) is 0 Å². The monoisotopic (exact) mass is 370 g/mol. The zero-order valence-electron chi connectivity index (χ0n) is 11.8. The highest BCUT2D eigenvalue weighted by atomic mass is 79.9. The lowest BCUT2D eigenvalue weighted by atomic mass is 10.1. The van der Waals surface area contributed by atoms with Crippen molar-refractivity contribution in [2.24, 2.45) is 0 Å². The Hall–Kier alpha value is -2.73. The van der Waals surface area contributed by atoms with Crippen molar-refractivity contribution < 1.29 is 19.1 Å². The van der Waals surface area contributed by atoms with Crippen molar-refractivity contribution in [1.82, 2.24) is 5.27 Å². The predicted molar refractivity (Wildman–Crippen MR) is 85.0 cm³/mol. The zero-order valence-corrected chi connectivity index (χ0v) is 13.4. The summed E-state index contributed by atoms with van der Waals surface area (Å²) < 4.78 is 6.71. The van der Waals surface area contributed by atoms with Crippen molar-refractivity contribution >= 4 is 27.8 Å². The molecular weight excluding hydrogens is 360 g/mol. The molecule has 1 heterocycles. The van der Waals surface area contributed by atoms with Crippen molar-refractivity contribution in [3.63, 3.8) is 0 Å². The van der Waals surface area contributed by atoms with Crippen molar-refractivity contribution in [3.05, 3.63) is 76.4 Å². The van der Waals surface area contributed by atoms with E-state index in [-0.39, 0.29) is 5.78 Å². The third-order valence-corrected chi connectivity index (χ3v) is 3.90. The molecule has 0 saturated carbocycles. The fourth-order valence-electron chi connectivity index (χ4n) is 2.00. The van der Waals surface area contributed by atoms with E-state index in [0.29, 0.717) is 11.3 Å². The molecule has 6 heteroatoms. The highest BCUT2D eigenvalue weighted by Gasteiger charge is 2.10. The summed E-state index contributed by atoms with van der Waals surface area (Å²) in [7, 11) is 0. The largest absolute Gasteiger partial charge is 0.539 e. The Kier molecular flexibility index (Phi) is 4.34. The number of rotatable bonds is 4. The maximum Gasteiger partial charge on any atom is 0.239 e. The Balaban J connectivity index is 1.77. The summed E-state index contributed by atoms with van der Waals surface area (Å²) in [5.74, 6) is -0.636. The van der Waals surface area contributed by atoms with Crippen LogP contribution in [0.1, 0.15) is 15.9 Å². The number of carbonyl (C=O) groups excluding carboxylic acids is 1. The molecule has 0 aliphatic rings. The second-order valence-corrected chi connectivity index (χ2v) is 5.59. The van der Waals surface area contributed by atoms with E-state index in [4.69, 9.17) is 0 Å². The number of hydrogen-bond acceptors (Lipinski definition) is 4. The highest BCUT2D eigenvalue weighted by molar-refractivity contribution is 9.10. The number of ketones is 1. The molecule has 0 aliphatic heterocycles. The molecule has 114 valence electrons. The van der Waals surface area contributed by atoms with Crippen LogP contribution >= 0.6 is 15.9 Å². The fourth-order valence-corrected chi connectivity index (χ4v) is 2.42. The van der Waals surface area contributed by atoms with E-state index in [9.17, 15) is 9.90 Å². The molecule has 23 heavy (non-hydrogen) atoms. The molecule has 5 nitrogen and oxygen atoms in total. The minimum absolute atomic E-state index is 0.109. The maximum atomic E-state index is 12.2. The second-order valence-electron chi connectivity index (χ2n) is 4.73. The molecule has 0 aliphatic carbocycles. The van der Waals surface area contributed by atoms with Gasteiger partial charge in [0.2, 0.25) is 11.9 Å². The minimum atomic E-state index is -0.526. The lowest BCUT2D eigenvalue weighted by Gasteiger charge is -1.98. The Morgan fingerprint density at radius 1 is 1.17 bits per heavy atom. The van der Waals surface area contributed by atoms with E-state index in [1.807, 2.05) is 24.3 Å². The van der Waals surface area contributed by atoms with Gasteiger partial charge in [0.25, 0.3) is 0 Å². The van der Waals surface area contributed by atoms with E-state index in [1.165, 1.54) is 17.0 Å². The summed E-state index contributed by atoms with van der Waals surface area (Å²) in [5, 5.41) is 14.5. The minimum Gasteiger partial charge on any atom is -0.539 e. The van der Waals surface area contributed by atoms with E-state index in [0.717, 1.165) is 10.0 Å². The smallest absolute Gasteiger partial charge is 0.239 e. The molecule has 3 rings (SSSR count). The van der Waals surface area contributed by atoms with Crippen LogP contribution in [0.25, 0.3) is 11.8 Å². The molecule has 0 spiro atoms. The molecule has 3 aromatic rings. The number of benzene rings is 2. The summed E-state index contributed by atoms with van der Waals surface area (Å²) in [6, 6.07) is 14.4. The second kappa shape index (κ2) is 6.58. The normalized spacial score (nSPS) is 11.0. The van der Waals surface area contributed by atoms with E-state index in [1.54, 1.807) is 30.3 Å². The summed E-state index contributed by atoms with van der Waals surface area (Å²) >= 11 is 3.43. The van der Waals surface area contributed by atoms with Gasteiger partial charge >= 0.3 is 0 Å². The topological polar surface area (TPSA) is 70.0 Å². The van der Waals surface area contributed by atoms with Crippen molar-refractivity contribution in [1.29, 1.82) is 0 Å². The van der Waals surface area contributed by atoms with E-state index in [2.05, 4.69) is 25.7 Å². The van der Waals surface area contributed by atoms with Gasteiger partial charge in [-0.25, -0.2) is 0 Å². The molecule has 0 atom stereocenters. The zero-order chi connectivity index (χ0) is 16.2. The Labute approximate surface area is 140 Å². The van der Waals surface area contributed by atoms with Gasteiger partial charge in [0.1, 0.15) is 5.95 Å². The van der Waals surface area contributed by atoms with Gasteiger partial charge in [-0.1, -0.05) is 34.1 Å². The summed E-state index contributed by atoms with van der Waals surface area (Å²) in [4.78, 5) is 12.2. The molecule has 0 N–H and O–H groups in total. The lowest BCUT2D eigenvalue weighted by Crippen LogP contribution is -2.31. The van der Waals surface area contributed by atoms with Crippen LogP contribution in [0.2, 0.25) is 0 Å². The molecule has 0 saturated heterocycles. The van der Waals surface area contributed by atoms with Crippen LogP contribution in [0.4, 0.5) is 0 Å². The first kappa shape index (κ1) is 15.2. The van der Waals surface area contributed by atoms with Gasteiger partial charge in [-0.05, 0) is 40.6 Å². The maximum absolute atomic E-state index is 12.2. The number of nitrogens with zero attached hydrogens (tertiary/aromatic N) is 2. The summed E-state index contributed by atoms with van der Waals surface area (Å²) in [6.07, 6.45) is 4.51. The van der Waals surface area contributed by atoms with Gasteiger partial charge in [-0.2, -0.15) is 0 Å². The van der Waals surface area contributed by atoms with Crippen LogP contribution < -0.4 is 9.79 Å². The SMILES string of the molecule is O=C(/C=C/c1ccccc1Br)c1ccc(-[n+]2cc([O-])on2)cc1. The number of hydrogen-bond donors (Lipinski definition) is 0. The first-order chi connectivity index (χ1) is 11.1.